The van der Waals surface area contributed by atoms with Gasteiger partial charge in [-0.1, -0.05) is 60.7 Å². The monoisotopic (exact) mass is 622 g/mol. The molecule has 0 aliphatic heterocycles. The molecule has 1 unspecified atom stereocenters. The summed E-state index contributed by atoms with van der Waals surface area (Å²) in [6.07, 6.45) is 2.50. The van der Waals surface area contributed by atoms with Crippen LogP contribution in [0.2, 0.25) is 0 Å². The smallest absolute Gasteiger partial charge is 0.412 e. The van der Waals surface area contributed by atoms with Gasteiger partial charge in [0.1, 0.15) is 11.3 Å². The molecule has 0 saturated carbocycles. The van der Waals surface area contributed by atoms with Crippen molar-refractivity contribution in [2.45, 2.75) is 45.3 Å². The number of carbonyl (C=O) groups excluding carboxylic acids is 3. The first kappa shape index (κ1) is 33.7. The molecule has 1 aromatic heterocycles. The molecule has 10 nitrogen and oxygen atoms in total. The van der Waals surface area contributed by atoms with Crippen LogP contribution < -0.4 is 21.3 Å². The van der Waals surface area contributed by atoms with Crippen molar-refractivity contribution in [3.8, 4) is 11.1 Å². The van der Waals surface area contributed by atoms with Crippen LogP contribution in [-0.4, -0.2) is 54.2 Å². The summed E-state index contributed by atoms with van der Waals surface area (Å²) in [4.78, 5) is 44.9. The Kier molecular flexibility index (Phi) is 11.5. The molecule has 1 heterocycles. The minimum Gasteiger partial charge on any atom is -0.444 e. The molecule has 1 atom stereocenters. The second-order valence-electron chi connectivity index (χ2n) is 12.1. The van der Waals surface area contributed by atoms with Gasteiger partial charge < -0.3 is 25.6 Å². The largest absolute Gasteiger partial charge is 0.444 e. The highest BCUT2D eigenvalue weighted by Gasteiger charge is 2.19. The molecular weight excluding hydrogens is 580 g/mol. The fraction of sp³-hybridized carbons (Fsp3) is 0.278. The molecule has 10 heteroatoms. The van der Waals surface area contributed by atoms with Gasteiger partial charge in [-0.15, -0.1) is 0 Å². The van der Waals surface area contributed by atoms with E-state index in [1.165, 1.54) is 0 Å². The van der Waals surface area contributed by atoms with Gasteiger partial charge in [-0.3, -0.25) is 15.1 Å². The highest BCUT2D eigenvalue weighted by Crippen LogP contribution is 2.24. The molecule has 3 aromatic carbocycles. The Morgan fingerprint density at radius 3 is 2.02 bits per heavy atom. The first-order chi connectivity index (χ1) is 22.0. The van der Waals surface area contributed by atoms with Crippen molar-refractivity contribution < 1.29 is 19.1 Å². The van der Waals surface area contributed by atoms with Crippen LogP contribution in [0, 0.1) is 0 Å². The number of aromatic nitrogens is 1. The van der Waals surface area contributed by atoms with Crippen molar-refractivity contribution >= 4 is 35.1 Å². The zero-order valence-corrected chi connectivity index (χ0v) is 27.0. The summed E-state index contributed by atoms with van der Waals surface area (Å²) in [6.45, 7) is 6.17. The van der Waals surface area contributed by atoms with E-state index in [9.17, 15) is 14.4 Å². The van der Waals surface area contributed by atoms with Crippen molar-refractivity contribution in [1.82, 2.24) is 15.2 Å². The predicted octanol–water partition coefficient (Wildman–Crippen LogP) is 7.55. The van der Waals surface area contributed by atoms with Gasteiger partial charge in [-0.2, -0.15) is 0 Å². The molecule has 0 fully saturated rings. The van der Waals surface area contributed by atoms with E-state index in [1.54, 1.807) is 63.4 Å². The highest BCUT2D eigenvalue weighted by molar-refractivity contribution is 6.05. The summed E-state index contributed by atoms with van der Waals surface area (Å²) in [5.74, 6) is -0.446. The first-order valence-corrected chi connectivity index (χ1v) is 15.2. The van der Waals surface area contributed by atoms with Crippen LogP contribution in [0.3, 0.4) is 0 Å². The van der Waals surface area contributed by atoms with Crippen LogP contribution in [0.15, 0.2) is 97.2 Å². The first-order valence-electron chi connectivity index (χ1n) is 15.2. The number of para-hydroxylation sites is 2. The highest BCUT2D eigenvalue weighted by atomic mass is 16.6. The van der Waals surface area contributed by atoms with E-state index >= 15 is 0 Å². The normalized spacial score (nSPS) is 11.8. The number of ether oxygens (including phenoxy) is 1. The maximum Gasteiger partial charge on any atom is 0.412 e. The van der Waals surface area contributed by atoms with Crippen LogP contribution in [-0.2, 0) is 4.74 Å². The van der Waals surface area contributed by atoms with Crippen LogP contribution in [0.4, 0.5) is 26.7 Å². The minimum absolute atomic E-state index is 0.186. The molecule has 0 aliphatic carbocycles. The number of rotatable bonds is 11. The van der Waals surface area contributed by atoms with E-state index in [0.29, 0.717) is 23.5 Å². The van der Waals surface area contributed by atoms with Crippen molar-refractivity contribution in [2.75, 3.05) is 36.6 Å². The molecule has 4 rings (SSSR count). The number of pyridine rings is 1. The number of nitrogens with zero attached hydrogens (tertiary/aromatic N) is 2. The lowest BCUT2D eigenvalue weighted by Gasteiger charge is -2.21. The maximum atomic E-state index is 13.1. The molecule has 0 spiro atoms. The average Bonchev–Trinajstić information content (AvgIpc) is 3.01. The Labute approximate surface area is 270 Å². The topological polar surface area (TPSA) is 125 Å². The summed E-state index contributed by atoms with van der Waals surface area (Å²) in [5, 5.41) is 11.5. The molecule has 0 radical (unpaired) electrons. The molecule has 46 heavy (non-hydrogen) atoms. The predicted molar refractivity (Wildman–Crippen MR) is 183 cm³/mol. The number of hydrogen-bond donors (Lipinski definition) is 4. The number of hydrogen-bond acceptors (Lipinski definition) is 6. The van der Waals surface area contributed by atoms with Gasteiger partial charge in [0, 0.05) is 11.9 Å². The summed E-state index contributed by atoms with van der Waals surface area (Å²) in [6, 6.07) is 27.3. The maximum absolute atomic E-state index is 13.1. The second kappa shape index (κ2) is 15.7. The van der Waals surface area contributed by atoms with Crippen LogP contribution >= 0.6 is 0 Å². The van der Waals surface area contributed by atoms with Crippen molar-refractivity contribution in [2.24, 2.45) is 0 Å². The quantitative estimate of drug-likeness (QED) is 0.137. The van der Waals surface area contributed by atoms with Gasteiger partial charge >= 0.3 is 12.1 Å². The van der Waals surface area contributed by atoms with Crippen molar-refractivity contribution in [3.05, 3.63) is 108 Å². The third kappa shape index (κ3) is 10.4. The second-order valence-corrected chi connectivity index (χ2v) is 12.1. The van der Waals surface area contributed by atoms with Gasteiger partial charge in [0.15, 0.2) is 0 Å². The molecule has 4 amide bonds. The zero-order chi connectivity index (χ0) is 33.1. The SMILES string of the molecule is CN(C)CCCC(NC(=O)Nc1ccc(-c2ccccc2)cc1)c1ccc(C(=O)Nc2ccccc2NC(=O)OC(C)(C)C)nc1. The van der Waals surface area contributed by atoms with E-state index in [-0.39, 0.29) is 17.8 Å². The lowest BCUT2D eigenvalue weighted by atomic mass is 10.0. The van der Waals surface area contributed by atoms with Crippen LogP contribution in [0.1, 0.15) is 55.7 Å². The Balaban J connectivity index is 1.41. The average molecular weight is 623 g/mol. The van der Waals surface area contributed by atoms with Gasteiger partial charge in [0.25, 0.3) is 5.91 Å². The van der Waals surface area contributed by atoms with Gasteiger partial charge in [0.2, 0.25) is 0 Å². The molecule has 0 bridgehead atoms. The Bertz CT molecular complexity index is 1600. The summed E-state index contributed by atoms with van der Waals surface area (Å²) in [7, 11) is 4.01. The van der Waals surface area contributed by atoms with E-state index < -0.39 is 17.6 Å². The van der Waals surface area contributed by atoms with Crippen LogP contribution in [0.5, 0.6) is 0 Å². The number of amides is 4. The Morgan fingerprint density at radius 1 is 0.783 bits per heavy atom. The molecule has 0 aliphatic rings. The standard InChI is InChI=1S/C36H42N6O4/c1-36(2,3)46-35(45)41-31-15-10-9-14-30(31)39-33(43)32-22-19-27(24-37-32)29(16-11-23-42(4)5)40-34(44)38-28-20-17-26(18-21-28)25-12-7-6-8-13-25/h6-10,12-15,17-22,24,29H,11,16,23H2,1-5H3,(H,39,43)(H,41,45)(H2,38,40,44). The van der Waals surface area contributed by atoms with E-state index in [1.807, 2.05) is 68.7 Å². The molecule has 4 aromatic rings. The van der Waals surface area contributed by atoms with E-state index in [2.05, 4.69) is 31.2 Å². The third-order valence-electron chi connectivity index (χ3n) is 6.89. The molecular formula is C36H42N6O4. The van der Waals surface area contributed by atoms with E-state index in [0.717, 1.165) is 29.7 Å². The Hall–Kier alpha value is -5.22. The fourth-order valence-electron chi connectivity index (χ4n) is 4.68. The number of benzene rings is 3. The molecule has 4 N–H and O–H groups in total. The summed E-state index contributed by atoms with van der Waals surface area (Å²) in [5.41, 5.74) is 3.94. The lowest BCUT2D eigenvalue weighted by molar-refractivity contribution is 0.0635. The van der Waals surface area contributed by atoms with Gasteiger partial charge in [0.05, 0.1) is 17.4 Å². The summed E-state index contributed by atoms with van der Waals surface area (Å²) >= 11 is 0. The van der Waals surface area contributed by atoms with Gasteiger partial charge in [-0.05, 0) is 101 Å². The number of anilines is 3. The van der Waals surface area contributed by atoms with E-state index in [4.69, 9.17) is 4.74 Å². The number of carbonyl (C=O) groups is 3. The van der Waals surface area contributed by atoms with Gasteiger partial charge in [-0.25, -0.2) is 9.59 Å². The third-order valence-corrected chi connectivity index (χ3v) is 6.89. The lowest BCUT2D eigenvalue weighted by Crippen LogP contribution is -2.33. The fourth-order valence-corrected chi connectivity index (χ4v) is 4.68. The summed E-state index contributed by atoms with van der Waals surface area (Å²) < 4.78 is 5.33. The zero-order valence-electron chi connectivity index (χ0n) is 27.0. The molecule has 240 valence electrons. The molecule has 0 saturated heterocycles. The Morgan fingerprint density at radius 2 is 1.41 bits per heavy atom. The number of nitrogens with one attached hydrogen (secondary N) is 4. The number of urea groups is 1. The van der Waals surface area contributed by atoms with Crippen molar-refractivity contribution in [3.63, 3.8) is 0 Å². The van der Waals surface area contributed by atoms with Crippen LogP contribution in [0.25, 0.3) is 11.1 Å². The minimum atomic E-state index is -0.665. The van der Waals surface area contributed by atoms with Crippen molar-refractivity contribution in [1.29, 1.82) is 0 Å².